The first-order valence-corrected chi connectivity index (χ1v) is 4.66. The van der Waals surface area contributed by atoms with Crippen molar-refractivity contribution in [3.63, 3.8) is 0 Å². The second kappa shape index (κ2) is 6.44. The number of hydrogen-bond acceptors (Lipinski definition) is 2. The fourth-order valence-electron chi connectivity index (χ4n) is 0.987. The first-order valence-electron chi connectivity index (χ1n) is 4.66. The van der Waals surface area contributed by atoms with Gasteiger partial charge in [-0.1, -0.05) is 30.3 Å². The zero-order valence-corrected chi connectivity index (χ0v) is 8.35. The van der Waals surface area contributed by atoms with Crippen LogP contribution < -0.4 is 0 Å². The van der Waals surface area contributed by atoms with Crippen LogP contribution in [0.25, 0.3) is 6.08 Å². The average molecular weight is 200 g/mol. The van der Waals surface area contributed by atoms with Gasteiger partial charge in [-0.2, -0.15) is 0 Å². The third-order valence-electron chi connectivity index (χ3n) is 1.70. The monoisotopic (exact) mass is 200 g/mol. The molecule has 15 heavy (non-hydrogen) atoms. The molecule has 0 atom stereocenters. The van der Waals surface area contributed by atoms with E-state index < -0.39 is 0 Å². The number of carbonyl (C=O) groups excluding carboxylic acids is 1. The zero-order chi connectivity index (χ0) is 10.9. The van der Waals surface area contributed by atoms with E-state index in [1.807, 2.05) is 30.3 Å². The topological polar surface area (TPSA) is 26.3 Å². The lowest BCUT2D eigenvalue weighted by Gasteiger charge is -1.96. The van der Waals surface area contributed by atoms with Crippen LogP contribution in [0.15, 0.2) is 36.4 Å². The highest BCUT2D eigenvalue weighted by Gasteiger charge is 1.94. The molecular formula is C13H12O2. The van der Waals surface area contributed by atoms with Crippen LogP contribution in [0.4, 0.5) is 0 Å². The summed E-state index contributed by atoms with van der Waals surface area (Å²) < 4.78 is 4.84. The Morgan fingerprint density at radius 1 is 1.40 bits per heavy atom. The Morgan fingerprint density at radius 2 is 2.13 bits per heavy atom. The van der Waals surface area contributed by atoms with Crippen molar-refractivity contribution in [3.8, 4) is 12.3 Å². The van der Waals surface area contributed by atoms with E-state index in [4.69, 9.17) is 11.2 Å². The van der Waals surface area contributed by atoms with Crippen molar-refractivity contribution in [1.82, 2.24) is 0 Å². The smallest absolute Gasteiger partial charge is 0.330 e. The summed E-state index contributed by atoms with van der Waals surface area (Å²) in [5.41, 5.74) is 0.964. The molecule has 0 aliphatic rings. The van der Waals surface area contributed by atoms with Crippen molar-refractivity contribution in [3.05, 3.63) is 42.0 Å². The molecule has 1 aromatic rings. The Labute approximate surface area is 89.6 Å². The van der Waals surface area contributed by atoms with Gasteiger partial charge in [-0.25, -0.2) is 4.79 Å². The second-order valence-electron chi connectivity index (χ2n) is 2.87. The van der Waals surface area contributed by atoms with Crippen molar-refractivity contribution < 1.29 is 9.53 Å². The van der Waals surface area contributed by atoms with Crippen LogP contribution in [-0.4, -0.2) is 12.6 Å². The van der Waals surface area contributed by atoms with Crippen molar-refractivity contribution in [2.24, 2.45) is 0 Å². The van der Waals surface area contributed by atoms with Gasteiger partial charge in [-0.15, -0.1) is 12.3 Å². The number of rotatable bonds is 4. The highest BCUT2D eigenvalue weighted by Crippen LogP contribution is 2.00. The largest absolute Gasteiger partial charge is 0.462 e. The van der Waals surface area contributed by atoms with Crippen molar-refractivity contribution >= 4 is 12.0 Å². The Balaban J connectivity index is 2.38. The molecule has 0 aliphatic carbocycles. The fourth-order valence-corrected chi connectivity index (χ4v) is 0.987. The lowest BCUT2D eigenvalue weighted by molar-refractivity contribution is -0.137. The second-order valence-corrected chi connectivity index (χ2v) is 2.87. The SMILES string of the molecule is C#CCCOC(=O)/C=C\c1ccccc1. The highest BCUT2D eigenvalue weighted by molar-refractivity contribution is 5.86. The minimum atomic E-state index is -0.367. The number of benzene rings is 1. The summed E-state index contributed by atoms with van der Waals surface area (Å²) in [5.74, 6) is 2.03. The molecule has 0 saturated heterocycles. The summed E-state index contributed by atoms with van der Waals surface area (Å²) >= 11 is 0. The summed E-state index contributed by atoms with van der Waals surface area (Å²) in [6.45, 7) is 0.272. The van der Waals surface area contributed by atoms with Crippen molar-refractivity contribution in [2.45, 2.75) is 6.42 Å². The van der Waals surface area contributed by atoms with Gasteiger partial charge < -0.3 is 4.74 Å². The van der Waals surface area contributed by atoms with Gasteiger partial charge in [0, 0.05) is 12.5 Å². The zero-order valence-electron chi connectivity index (χ0n) is 8.35. The maximum absolute atomic E-state index is 11.1. The van der Waals surface area contributed by atoms with Gasteiger partial charge in [0.1, 0.15) is 6.61 Å². The van der Waals surface area contributed by atoms with Crippen LogP contribution in [0.2, 0.25) is 0 Å². The molecule has 0 spiro atoms. The minimum Gasteiger partial charge on any atom is -0.462 e. The molecule has 0 aliphatic heterocycles. The quantitative estimate of drug-likeness (QED) is 0.322. The average Bonchev–Trinajstić information content (AvgIpc) is 2.28. The Bertz CT molecular complexity index is 371. The Kier molecular flexibility index (Phi) is 4.75. The standard InChI is InChI=1S/C13H12O2/c1-2-3-11-15-13(14)10-9-12-7-5-4-6-8-12/h1,4-10H,3,11H2/b10-9-. The fraction of sp³-hybridized carbons (Fsp3) is 0.154. The normalized spacial score (nSPS) is 9.80. The van der Waals surface area contributed by atoms with E-state index >= 15 is 0 Å². The third-order valence-corrected chi connectivity index (χ3v) is 1.70. The number of terminal acetylenes is 1. The molecule has 0 amide bonds. The molecule has 0 unspecified atom stereocenters. The van der Waals surface area contributed by atoms with E-state index in [9.17, 15) is 4.79 Å². The van der Waals surface area contributed by atoms with Crippen molar-refractivity contribution in [2.75, 3.05) is 6.61 Å². The minimum absolute atomic E-state index is 0.272. The van der Waals surface area contributed by atoms with Gasteiger partial charge in [0.05, 0.1) is 0 Å². The molecule has 0 aromatic heterocycles. The van der Waals surface area contributed by atoms with E-state index in [0.29, 0.717) is 6.42 Å². The maximum atomic E-state index is 11.1. The molecule has 1 rings (SSSR count). The molecule has 0 heterocycles. The van der Waals surface area contributed by atoms with Gasteiger partial charge in [-0.3, -0.25) is 0 Å². The Morgan fingerprint density at radius 3 is 2.80 bits per heavy atom. The predicted molar refractivity (Wildman–Crippen MR) is 59.9 cm³/mol. The summed E-state index contributed by atoms with van der Waals surface area (Å²) in [6, 6.07) is 9.55. The molecule has 0 saturated carbocycles. The van der Waals surface area contributed by atoms with Gasteiger partial charge in [-0.05, 0) is 11.6 Å². The molecule has 1 aromatic carbocycles. The van der Waals surface area contributed by atoms with E-state index in [2.05, 4.69) is 5.92 Å². The van der Waals surface area contributed by atoms with Gasteiger partial charge >= 0.3 is 5.97 Å². The van der Waals surface area contributed by atoms with Crippen LogP contribution in [0, 0.1) is 12.3 Å². The maximum Gasteiger partial charge on any atom is 0.330 e. The molecule has 76 valence electrons. The number of esters is 1. The number of ether oxygens (including phenoxy) is 1. The Hall–Kier alpha value is -2.01. The molecule has 0 N–H and O–H groups in total. The molecule has 0 radical (unpaired) electrons. The highest BCUT2D eigenvalue weighted by atomic mass is 16.5. The van der Waals surface area contributed by atoms with Crippen LogP contribution in [0.5, 0.6) is 0 Å². The molecule has 0 fully saturated rings. The summed E-state index contributed by atoms with van der Waals surface area (Å²) in [4.78, 5) is 11.1. The predicted octanol–water partition coefficient (Wildman–Crippen LogP) is 2.27. The first-order chi connectivity index (χ1) is 7.33. The van der Waals surface area contributed by atoms with E-state index in [0.717, 1.165) is 5.56 Å². The lowest BCUT2D eigenvalue weighted by atomic mass is 10.2. The summed E-state index contributed by atoms with van der Waals surface area (Å²) in [7, 11) is 0. The van der Waals surface area contributed by atoms with Crippen molar-refractivity contribution in [1.29, 1.82) is 0 Å². The molecule has 2 nitrogen and oxygen atoms in total. The van der Waals surface area contributed by atoms with E-state index in [1.54, 1.807) is 6.08 Å². The first kappa shape index (κ1) is 11.1. The van der Waals surface area contributed by atoms with Gasteiger partial charge in [0.25, 0.3) is 0 Å². The van der Waals surface area contributed by atoms with Gasteiger partial charge in [0.2, 0.25) is 0 Å². The van der Waals surface area contributed by atoms with Crippen LogP contribution >= 0.6 is 0 Å². The molecule has 2 heteroatoms. The van der Waals surface area contributed by atoms with Crippen LogP contribution in [0.3, 0.4) is 0 Å². The summed E-state index contributed by atoms with van der Waals surface area (Å²) in [6.07, 6.45) is 8.57. The van der Waals surface area contributed by atoms with E-state index in [-0.39, 0.29) is 12.6 Å². The van der Waals surface area contributed by atoms with Crippen LogP contribution in [-0.2, 0) is 9.53 Å². The van der Waals surface area contributed by atoms with E-state index in [1.165, 1.54) is 6.08 Å². The molecular weight excluding hydrogens is 188 g/mol. The van der Waals surface area contributed by atoms with Crippen LogP contribution in [0.1, 0.15) is 12.0 Å². The molecule has 0 bridgehead atoms. The lowest BCUT2D eigenvalue weighted by Crippen LogP contribution is -2.01. The third kappa shape index (κ3) is 4.68. The number of hydrogen-bond donors (Lipinski definition) is 0. The number of carbonyl (C=O) groups is 1. The van der Waals surface area contributed by atoms with Gasteiger partial charge in [0.15, 0.2) is 0 Å². The summed E-state index contributed by atoms with van der Waals surface area (Å²) in [5, 5.41) is 0.